The lowest BCUT2D eigenvalue weighted by atomic mass is 10.1. The van der Waals surface area contributed by atoms with Crippen LogP contribution in [0.1, 0.15) is 43.8 Å². The average molecular weight is 225 g/mol. The van der Waals surface area contributed by atoms with Gasteiger partial charge in [0.1, 0.15) is 6.61 Å². The van der Waals surface area contributed by atoms with Gasteiger partial charge in [0.15, 0.2) is 5.82 Å². The number of hydrogen-bond donors (Lipinski definition) is 1. The molecule has 0 spiro atoms. The van der Waals surface area contributed by atoms with Crippen molar-refractivity contribution in [3.8, 4) is 0 Å². The Morgan fingerprint density at radius 3 is 3.06 bits per heavy atom. The Morgan fingerprint density at radius 2 is 2.38 bits per heavy atom. The Bertz CT molecular complexity index is 327. The zero-order valence-corrected chi connectivity index (χ0v) is 9.69. The van der Waals surface area contributed by atoms with Crippen molar-refractivity contribution in [3.05, 3.63) is 11.7 Å². The van der Waals surface area contributed by atoms with E-state index in [0.29, 0.717) is 31.6 Å². The van der Waals surface area contributed by atoms with E-state index in [1.54, 1.807) is 0 Å². The van der Waals surface area contributed by atoms with Crippen LogP contribution < -0.4 is 5.73 Å². The Balaban J connectivity index is 1.87. The lowest BCUT2D eigenvalue weighted by Crippen LogP contribution is -2.08. The SMILES string of the molecule is CC1CCC(c2noc(COCCN)n2)C1. The summed E-state index contributed by atoms with van der Waals surface area (Å²) >= 11 is 0. The Hall–Kier alpha value is -0.940. The number of ether oxygens (including phenoxy) is 1. The van der Waals surface area contributed by atoms with E-state index in [1.807, 2.05) is 0 Å². The van der Waals surface area contributed by atoms with Gasteiger partial charge in [-0.2, -0.15) is 4.98 Å². The van der Waals surface area contributed by atoms with Gasteiger partial charge in [0.25, 0.3) is 5.89 Å². The third kappa shape index (κ3) is 2.80. The predicted octanol–water partition coefficient (Wildman–Crippen LogP) is 1.45. The molecule has 2 rings (SSSR count). The van der Waals surface area contributed by atoms with E-state index in [1.165, 1.54) is 19.3 Å². The molecule has 1 aromatic heterocycles. The van der Waals surface area contributed by atoms with Gasteiger partial charge in [-0.1, -0.05) is 12.1 Å². The molecule has 1 fully saturated rings. The summed E-state index contributed by atoms with van der Waals surface area (Å²) in [5.41, 5.74) is 5.32. The highest BCUT2D eigenvalue weighted by molar-refractivity contribution is 4.98. The first kappa shape index (κ1) is 11.5. The van der Waals surface area contributed by atoms with Gasteiger partial charge in [-0.25, -0.2) is 0 Å². The molecule has 2 unspecified atom stereocenters. The van der Waals surface area contributed by atoms with Crippen molar-refractivity contribution in [2.24, 2.45) is 11.7 Å². The Kier molecular flexibility index (Phi) is 3.90. The van der Waals surface area contributed by atoms with Crippen molar-refractivity contribution in [2.45, 2.75) is 38.7 Å². The molecule has 1 saturated carbocycles. The molecule has 0 amide bonds. The quantitative estimate of drug-likeness (QED) is 0.768. The van der Waals surface area contributed by atoms with Gasteiger partial charge in [-0.15, -0.1) is 0 Å². The van der Waals surface area contributed by atoms with Crippen LogP contribution in [0.25, 0.3) is 0 Å². The molecular weight excluding hydrogens is 206 g/mol. The topological polar surface area (TPSA) is 74.2 Å². The maximum atomic E-state index is 5.32. The maximum Gasteiger partial charge on any atom is 0.252 e. The van der Waals surface area contributed by atoms with Crippen molar-refractivity contribution in [2.75, 3.05) is 13.2 Å². The zero-order chi connectivity index (χ0) is 11.4. The molecular formula is C11H19N3O2. The normalized spacial score (nSPS) is 25.1. The number of aromatic nitrogens is 2. The summed E-state index contributed by atoms with van der Waals surface area (Å²) in [7, 11) is 0. The third-order valence-corrected chi connectivity index (χ3v) is 3.03. The van der Waals surface area contributed by atoms with Crippen LogP contribution in [0.3, 0.4) is 0 Å². The molecule has 5 nitrogen and oxygen atoms in total. The van der Waals surface area contributed by atoms with E-state index in [-0.39, 0.29) is 0 Å². The lowest BCUT2D eigenvalue weighted by molar-refractivity contribution is 0.104. The van der Waals surface area contributed by atoms with E-state index in [0.717, 1.165) is 11.7 Å². The van der Waals surface area contributed by atoms with Crippen molar-refractivity contribution in [1.29, 1.82) is 0 Å². The molecule has 0 aliphatic heterocycles. The molecule has 1 aliphatic carbocycles. The number of hydrogen-bond acceptors (Lipinski definition) is 5. The summed E-state index contributed by atoms with van der Waals surface area (Å²) in [4.78, 5) is 4.35. The molecule has 2 atom stereocenters. The summed E-state index contributed by atoms with van der Waals surface area (Å²) in [5.74, 6) is 2.65. The molecule has 1 heterocycles. The minimum atomic E-state index is 0.368. The minimum Gasteiger partial charge on any atom is -0.370 e. The van der Waals surface area contributed by atoms with Crippen LogP contribution in [0.5, 0.6) is 0 Å². The van der Waals surface area contributed by atoms with Gasteiger partial charge in [0, 0.05) is 12.5 Å². The van der Waals surface area contributed by atoms with E-state index < -0.39 is 0 Å². The lowest BCUT2D eigenvalue weighted by Gasteiger charge is -2.01. The van der Waals surface area contributed by atoms with Crippen molar-refractivity contribution in [3.63, 3.8) is 0 Å². The van der Waals surface area contributed by atoms with Crippen LogP contribution in [0.4, 0.5) is 0 Å². The molecule has 5 heteroatoms. The summed E-state index contributed by atoms with van der Waals surface area (Å²) in [6.07, 6.45) is 3.60. The van der Waals surface area contributed by atoms with E-state index in [2.05, 4.69) is 17.1 Å². The standard InChI is InChI=1S/C11H19N3O2/c1-8-2-3-9(6-8)11-13-10(16-14-11)7-15-5-4-12/h8-9H,2-7,12H2,1H3. The second-order valence-corrected chi connectivity index (χ2v) is 4.50. The van der Waals surface area contributed by atoms with Crippen LogP contribution in [0.2, 0.25) is 0 Å². The highest BCUT2D eigenvalue weighted by atomic mass is 16.5. The van der Waals surface area contributed by atoms with Crippen molar-refractivity contribution in [1.82, 2.24) is 10.1 Å². The summed E-state index contributed by atoms with van der Waals surface area (Å²) in [6, 6.07) is 0. The number of nitrogens with two attached hydrogens (primary N) is 1. The van der Waals surface area contributed by atoms with Crippen LogP contribution in [0.15, 0.2) is 4.52 Å². The van der Waals surface area contributed by atoms with Gasteiger partial charge >= 0.3 is 0 Å². The maximum absolute atomic E-state index is 5.32. The molecule has 0 radical (unpaired) electrons. The summed E-state index contributed by atoms with van der Waals surface area (Å²) < 4.78 is 10.4. The first-order valence-corrected chi connectivity index (χ1v) is 5.90. The van der Waals surface area contributed by atoms with Gasteiger partial charge < -0.3 is 15.0 Å². The van der Waals surface area contributed by atoms with Crippen LogP contribution in [-0.4, -0.2) is 23.3 Å². The van der Waals surface area contributed by atoms with E-state index >= 15 is 0 Å². The molecule has 90 valence electrons. The molecule has 0 aromatic carbocycles. The molecule has 0 saturated heterocycles. The number of rotatable bonds is 5. The Morgan fingerprint density at radius 1 is 1.50 bits per heavy atom. The fraction of sp³-hybridized carbons (Fsp3) is 0.818. The monoisotopic (exact) mass is 225 g/mol. The van der Waals surface area contributed by atoms with Gasteiger partial charge in [-0.05, 0) is 25.2 Å². The molecule has 2 N–H and O–H groups in total. The number of nitrogens with zero attached hydrogens (tertiary/aromatic N) is 2. The highest BCUT2D eigenvalue weighted by Crippen LogP contribution is 2.36. The first-order valence-electron chi connectivity index (χ1n) is 5.90. The van der Waals surface area contributed by atoms with E-state index in [4.69, 9.17) is 15.0 Å². The average Bonchev–Trinajstić information content (AvgIpc) is 2.87. The molecule has 1 aromatic rings. The van der Waals surface area contributed by atoms with Gasteiger partial charge in [-0.3, -0.25) is 0 Å². The smallest absolute Gasteiger partial charge is 0.252 e. The first-order chi connectivity index (χ1) is 7.79. The predicted molar refractivity (Wildman–Crippen MR) is 58.8 cm³/mol. The molecule has 1 aliphatic rings. The van der Waals surface area contributed by atoms with Crippen molar-refractivity contribution < 1.29 is 9.26 Å². The summed E-state index contributed by atoms with van der Waals surface area (Å²) in [5, 5.41) is 4.01. The molecule has 16 heavy (non-hydrogen) atoms. The van der Waals surface area contributed by atoms with E-state index in [9.17, 15) is 0 Å². The van der Waals surface area contributed by atoms with Crippen molar-refractivity contribution >= 4 is 0 Å². The Labute approximate surface area is 95.3 Å². The van der Waals surface area contributed by atoms with Gasteiger partial charge in [0.05, 0.1) is 6.61 Å². The zero-order valence-electron chi connectivity index (χ0n) is 9.69. The second kappa shape index (κ2) is 5.41. The fourth-order valence-electron chi connectivity index (χ4n) is 2.18. The minimum absolute atomic E-state index is 0.368. The van der Waals surface area contributed by atoms with Crippen LogP contribution >= 0.6 is 0 Å². The van der Waals surface area contributed by atoms with Crippen LogP contribution in [-0.2, 0) is 11.3 Å². The largest absolute Gasteiger partial charge is 0.370 e. The summed E-state index contributed by atoms with van der Waals surface area (Å²) in [6.45, 7) is 3.68. The molecule has 0 bridgehead atoms. The van der Waals surface area contributed by atoms with Gasteiger partial charge in [0.2, 0.25) is 0 Å². The highest BCUT2D eigenvalue weighted by Gasteiger charge is 2.26. The van der Waals surface area contributed by atoms with Crippen LogP contribution in [0, 0.1) is 5.92 Å². The third-order valence-electron chi connectivity index (χ3n) is 3.03. The second-order valence-electron chi connectivity index (χ2n) is 4.50. The fourth-order valence-corrected chi connectivity index (χ4v) is 2.18.